The smallest absolute Gasteiger partial charge is 0.289 e. The maximum atomic E-state index is 12.9. The highest BCUT2D eigenvalue weighted by atomic mass is 16.5. The van der Waals surface area contributed by atoms with E-state index in [2.05, 4.69) is 19.2 Å². The van der Waals surface area contributed by atoms with Crippen LogP contribution in [0.25, 0.3) is 0 Å². The molecule has 0 aliphatic carbocycles. The van der Waals surface area contributed by atoms with Crippen LogP contribution in [0, 0.1) is 11.8 Å². The lowest BCUT2D eigenvalue weighted by Crippen LogP contribution is -2.36. The number of nitrogens with zero attached hydrogens (tertiary/aromatic N) is 1. The molecule has 1 aliphatic heterocycles. The average molecular weight is 384 g/mol. The van der Waals surface area contributed by atoms with Crippen molar-refractivity contribution in [2.24, 2.45) is 11.8 Å². The van der Waals surface area contributed by atoms with E-state index in [4.69, 9.17) is 9.15 Å². The van der Waals surface area contributed by atoms with Gasteiger partial charge in [0.05, 0.1) is 19.3 Å². The van der Waals surface area contributed by atoms with Crippen LogP contribution in [-0.2, 0) is 4.79 Å². The number of amides is 2. The zero-order valence-corrected chi connectivity index (χ0v) is 16.7. The van der Waals surface area contributed by atoms with Crippen molar-refractivity contribution < 1.29 is 18.7 Å². The standard InChI is InChI=1S/C22H28N2O4/c1-15(2)10-11-23-21(25)19-14-24(22(26)20-5-4-12-28-20)13-18(19)16-6-8-17(27-3)9-7-16/h4-9,12,15,18-19H,10-11,13-14H2,1-3H3,(H,23,25)/t18-,19-/m0/s1. The molecule has 1 aliphatic rings. The Hall–Kier alpha value is -2.76. The van der Waals surface area contributed by atoms with Crippen molar-refractivity contribution in [1.82, 2.24) is 10.2 Å². The summed E-state index contributed by atoms with van der Waals surface area (Å²) in [6, 6.07) is 11.1. The molecule has 6 heteroatoms. The molecule has 6 nitrogen and oxygen atoms in total. The van der Waals surface area contributed by atoms with Crippen molar-refractivity contribution in [2.75, 3.05) is 26.7 Å². The minimum absolute atomic E-state index is 0.00351. The number of methoxy groups -OCH3 is 1. The second-order valence-corrected chi connectivity index (χ2v) is 7.65. The van der Waals surface area contributed by atoms with E-state index >= 15 is 0 Å². The van der Waals surface area contributed by atoms with Crippen LogP contribution in [-0.4, -0.2) is 43.5 Å². The van der Waals surface area contributed by atoms with Gasteiger partial charge in [-0.05, 0) is 42.2 Å². The molecule has 1 aromatic carbocycles. The molecule has 0 unspecified atom stereocenters. The second-order valence-electron chi connectivity index (χ2n) is 7.65. The van der Waals surface area contributed by atoms with Gasteiger partial charge in [0, 0.05) is 25.6 Å². The minimum atomic E-state index is -0.292. The van der Waals surface area contributed by atoms with Crippen LogP contribution >= 0.6 is 0 Å². The Labute approximate surface area is 165 Å². The SMILES string of the molecule is COc1ccc([C@@H]2CN(C(=O)c3ccco3)C[C@@H]2C(=O)NCCC(C)C)cc1. The summed E-state index contributed by atoms with van der Waals surface area (Å²) in [6.07, 6.45) is 2.42. The van der Waals surface area contributed by atoms with E-state index in [1.165, 1.54) is 6.26 Å². The van der Waals surface area contributed by atoms with Gasteiger partial charge in [-0.2, -0.15) is 0 Å². The first-order valence-corrected chi connectivity index (χ1v) is 9.74. The first-order valence-electron chi connectivity index (χ1n) is 9.74. The quantitative estimate of drug-likeness (QED) is 0.795. The molecule has 1 aromatic heterocycles. The van der Waals surface area contributed by atoms with Crippen LogP contribution in [0.3, 0.4) is 0 Å². The predicted molar refractivity (Wildman–Crippen MR) is 106 cm³/mol. The van der Waals surface area contributed by atoms with Crippen molar-refractivity contribution in [1.29, 1.82) is 0 Å². The second kappa shape index (κ2) is 8.95. The summed E-state index contributed by atoms with van der Waals surface area (Å²) in [5, 5.41) is 3.05. The molecule has 2 aromatic rings. The van der Waals surface area contributed by atoms with Gasteiger partial charge in [0.25, 0.3) is 5.91 Å². The van der Waals surface area contributed by atoms with Gasteiger partial charge in [0.1, 0.15) is 5.75 Å². The van der Waals surface area contributed by atoms with Crippen molar-refractivity contribution in [3.05, 3.63) is 54.0 Å². The van der Waals surface area contributed by atoms with Gasteiger partial charge < -0.3 is 19.4 Å². The molecule has 1 saturated heterocycles. The molecule has 1 N–H and O–H groups in total. The Kier molecular flexibility index (Phi) is 6.39. The van der Waals surface area contributed by atoms with Gasteiger partial charge in [-0.3, -0.25) is 9.59 Å². The Morgan fingerprint density at radius 3 is 2.57 bits per heavy atom. The number of ether oxygens (including phenoxy) is 1. The van der Waals surface area contributed by atoms with Crippen LogP contribution in [0.1, 0.15) is 42.3 Å². The highest BCUT2D eigenvalue weighted by Crippen LogP contribution is 2.34. The summed E-state index contributed by atoms with van der Waals surface area (Å²) < 4.78 is 10.5. The summed E-state index contributed by atoms with van der Waals surface area (Å²) in [4.78, 5) is 27.3. The predicted octanol–water partition coefficient (Wildman–Crippen LogP) is 3.31. The van der Waals surface area contributed by atoms with E-state index in [0.717, 1.165) is 17.7 Å². The molecule has 1 fully saturated rings. The molecular weight excluding hydrogens is 356 g/mol. The fourth-order valence-corrected chi connectivity index (χ4v) is 3.60. The highest BCUT2D eigenvalue weighted by Gasteiger charge is 2.41. The summed E-state index contributed by atoms with van der Waals surface area (Å²) in [7, 11) is 1.62. The molecule has 0 spiro atoms. The van der Waals surface area contributed by atoms with Crippen LogP contribution < -0.4 is 10.1 Å². The third-order valence-electron chi connectivity index (χ3n) is 5.24. The van der Waals surface area contributed by atoms with Crippen LogP contribution in [0.15, 0.2) is 47.1 Å². The number of likely N-dealkylation sites (tertiary alicyclic amines) is 1. The van der Waals surface area contributed by atoms with Crippen LogP contribution in [0.2, 0.25) is 0 Å². The molecule has 2 atom stereocenters. The topological polar surface area (TPSA) is 71.8 Å². The van der Waals surface area contributed by atoms with E-state index in [-0.39, 0.29) is 23.7 Å². The third kappa shape index (κ3) is 4.55. The minimum Gasteiger partial charge on any atom is -0.497 e. The maximum absolute atomic E-state index is 12.9. The van der Waals surface area contributed by atoms with Crippen LogP contribution in [0.5, 0.6) is 5.75 Å². The normalized spacial score (nSPS) is 19.1. The molecule has 28 heavy (non-hydrogen) atoms. The number of carbonyl (C=O) groups is 2. The number of carbonyl (C=O) groups excluding carboxylic acids is 2. The molecule has 2 amide bonds. The van der Waals surface area contributed by atoms with E-state index in [0.29, 0.717) is 31.3 Å². The van der Waals surface area contributed by atoms with E-state index in [9.17, 15) is 9.59 Å². The van der Waals surface area contributed by atoms with Crippen molar-refractivity contribution in [2.45, 2.75) is 26.2 Å². The number of furan rings is 1. The van der Waals surface area contributed by atoms with Gasteiger partial charge in [-0.15, -0.1) is 0 Å². The zero-order valence-electron chi connectivity index (χ0n) is 16.7. The lowest BCUT2D eigenvalue weighted by atomic mass is 9.88. The fourth-order valence-electron chi connectivity index (χ4n) is 3.60. The van der Waals surface area contributed by atoms with Crippen molar-refractivity contribution in [3.8, 4) is 5.75 Å². The Bertz CT molecular complexity index is 783. The van der Waals surface area contributed by atoms with Crippen LogP contribution in [0.4, 0.5) is 0 Å². The number of nitrogens with one attached hydrogen (secondary N) is 1. The summed E-state index contributed by atoms with van der Waals surface area (Å²) in [5.74, 6) is 1.05. The van der Waals surface area contributed by atoms with Gasteiger partial charge in [-0.1, -0.05) is 26.0 Å². The van der Waals surface area contributed by atoms with E-state index in [1.807, 2.05) is 24.3 Å². The Morgan fingerprint density at radius 2 is 1.96 bits per heavy atom. The summed E-state index contributed by atoms with van der Waals surface area (Å²) in [5.41, 5.74) is 1.03. The number of hydrogen-bond acceptors (Lipinski definition) is 4. The average Bonchev–Trinajstić information content (AvgIpc) is 3.37. The Balaban J connectivity index is 1.78. The van der Waals surface area contributed by atoms with E-state index in [1.54, 1.807) is 24.1 Å². The number of rotatable bonds is 7. The third-order valence-corrected chi connectivity index (χ3v) is 5.24. The molecule has 0 radical (unpaired) electrons. The number of benzene rings is 1. The Morgan fingerprint density at radius 1 is 1.21 bits per heavy atom. The largest absolute Gasteiger partial charge is 0.497 e. The van der Waals surface area contributed by atoms with E-state index < -0.39 is 0 Å². The molecule has 0 saturated carbocycles. The van der Waals surface area contributed by atoms with Crippen molar-refractivity contribution in [3.63, 3.8) is 0 Å². The van der Waals surface area contributed by atoms with Crippen molar-refractivity contribution >= 4 is 11.8 Å². The lowest BCUT2D eigenvalue weighted by Gasteiger charge is -2.18. The first kappa shape index (κ1) is 20.0. The first-order chi connectivity index (χ1) is 13.5. The number of hydrogen-bond donors (Lipinski definition) is 1. The highest BCUT2D eigenvalue weighted by molar-refractivity contribution is 5.92. The molecule has 2 heterocycles. The zero-order chi connectivity index (χ0) is 20.1. The maximum Gasteiger partial charge on any atom is 0.289 e. The lowest BCUT2D eigenvalue weighted by molar-refractivity contribution is -0.124. The summed E-state index contributed by atoms with van der Waals surface area (Å²) >= 11 is 0. The van der Waals surface area contributed by atoms with Gasteiger partial charge in [0.2, 0.25) is 5.91 Å². The molecular formula is C22H28N2O4. The summed E-state index contributed by atoms with van der Waals surface area (Å²) in [6.45, 7) is 5.77. The monoisotopic (exact) mass is 384 g/mol. The molecule has 3 rings (SSSR count). The molecule has 0 bridgehead atoms. The van der Waals surface area contributed by atoms with Gasteiger partial charge in [-0.25, -0.2) is 0 Å². The fraction of sp³-hybridized carbons (Fsp3) is 0.455. The van der Waals surface area contributed by atoms with Gasteiger partial charge in [0.15, 0.2) is 5.76 Å². The molecule has 150 valence electrons. The van der Waals surface area contributed by atoms with Gasteiger partial charge >= 0.3 is 0 Å².